The van der Waals surface area contributed by atoms with E-state index in [-0.39, 0.29) is 0 Å². The summed E-state index contributed by atoms with van der Waals surface area (Å²) in [4.78, 5) is 11.7. The van der Waals surface area contributed by atoms with E-state index in [0.29, 0.717) is 36.7 Å². The minimum absolute atomic E-state index is 0.316. The van der Waals surface area contributed by atoms with Crippen LogP contribution in [0.3, 0.4) is 0 Å². The van der Waals surface area contributed by atoms with Gasteiger partial charge in [-0.05, 0) is 48.1 Å². The van der Waals surface area contributed by atoms with Crippen LogP contribution in [-0.4, -0.2) is 38.5 Å². The first-order valence-corrected chi connectivity index (χ1v) is 9.74. The Kier molecular flexibility index (Phi) is 5.88. The Labute approximate surface area is 156 Å². The van der Waals surface area contributed by atoms with Gasteiger partial charge in [0.15, 0.2) is 0 Å². The van der Waals surface area contributed by atoms with Crippen molar-refractivity contribution in [2.24, 2.45) is 16.7 Å². The third-order valence-corrected chi connectivity index (χ3v) is 6.84. The van der Waals surface area contributed by atoms with Crippen LogP contribution in [0.1, 0.15) is 40.0 Å². The molecule has 2 aliphatic carbocycles. The highest BCUT2D eigenvalue weighted by Crippen LogP contribution is 2.66. The highest BCUT2D eigenvalue weighted by molar-refractivity contribution is 5.84. The summed E-state index contributed by atoms with van der Waals surface area (Å²) in [6.45, 7) is 9.67. The van der Waals surface area contributed by atoms with Crippen molar-refractivity contribution in [1.29, 1.82) is 0 Å². The molecule has 3 rings (SSSR count). The Balaban J connectivity index is 1.25. The van der Waals surface area contributed by atoms with Gasteiger partial charge in [0.05, 0.1) is 12.7 Å². The lowest BCUT2D eigenvalue weighted by atomic mass is 9.70. The molecule has 2 N–H and O–H groups in total. The largest absolute Gasteiger partial charge is 0.448 e. The molecule has 0 aromatic heterocycles. The summed E-state index contributed by atoms with van der Waals surface area (Å²) >= 11 is 0. The average Bonchev–Trinajstić information content (AvgIpc) is 2.95. The maximum absolute atomic E-state index is 11.7. The lowest BCUT2D eigenvalue weighted by Crippen LogP contribution is -2.38. The molecule has 144 valence electrons. The zero-order valence-electron chi connectivity index (χ0n) is 16.2. The number of carbonyl (C=O) groups excluding carboxylic acids is 1. The van der Waals surface area contributed by atoms with E-state index in [1.165, 1.54) is 19.3 Å². The van der Waals surface area contributed by atoms with Crippen molar-refractivity contribution in [2.75, 3.05) is 31.6 Å². The van der Waals surface area contributed by atoms with Gasteiger partial charge >= 0.3 is 6.09 Å². The predicted octanol–water partition coefficient (Wildman–Crippen LogP) is 4.06. The lowest BCUT2D eigenvalue weighted by molar-refractivity contribution is -0.0450. The van der Waals surface area contributed by atoms with Crippen LogP contribution < -0.4 is 10.6 Å². The number of hydrogen-bond donors (Lipinski definition) is 2. The molecule has 1 amide bonds. The summed E-state index contributed by atoms with van der Waals surface area (Å²) < 4.78 is 11.4. The molecule has 26 heavy (non-hydrogen) atoms. The lowest BCUT2D eigenvalue weighted by Gasteiger charge is -2.38. The third kappa shape index (κ3) is 3.89. The van der Waals surface area contributed by atoms with Gasteiger partial charge in [0, 0.05) is 18.8 Å². The summed E-state index contributed by atoms with van der Waals surface area (Å²) in [6, 6.07) is 9.30. The number of hydrogen-bond acceptors (Lipinski definition) is 4. The molecule has 0 unspecified atom stereocenters. The summed E-state index contributed by atoms with van der Waals surface area (Å²) in [7, 11) is 0. The van der Waals surface area contributed by atoms with Gasteiger partial charge < -0.3 is 14.8 Å². The summed E-state index contributed by atoms with van der Waals surface area (Å²) in [5.41, 5.74) is 1.45. The van der Waals surface area contributed by atoms with E-state index in [4.69, 9.17) is 9.47 Å². The summed E-state index contributed by atoms with van der Waals surface area (Å²) in [5.74, 6) is 0.807. The second-order valence-electron chi connectivity index (χ2n) is 8.35. The highest BCUT2D eigenvalue weighted by atomic mass is 16.5. The Morgan fingerprint density at radius 1 is 1.15 bits per heavy atom. The molecule has 0 heterocycles. The molecular formula is C21H32N2O3. The molecule has 1 aromatic rings. The fraction of sp³-hybridized carbons (Fsp3) is 0.667. The monoisotopic (exact) mass is 360 g/mol. The van der Waals surface area contributed by atoms with E-state index < -0.39 is 6.09 Å². The molecule has 0 radical (unpaired) electrons. The van der Waals surface area contributed by atoms with E-state index in [2.05, 4.69) is 31.4 Å². The summed E-state index contributed by atoms with van der Waals surface area (Å²) in [6.07, 6.45) is 3.79. The van der Waals surface area contributed by atoms with Gasteiger partial charge in [-0.2, -0.15) is 0 Å². The molecule has 3 atom stereocenters. The first kappa shape index (κ1) is 19.2. The van der Waals surface area contributed by atoms with E-state index >= 15 is 0 Å². The van der Waals surface area contributed by atoms with Crippen molar-refractivity contribution < 1.29 is 14.3 Å². The number of anilines is 1. The zero-order chi connectivity index (χ0) is 18.6. The standard InChI is InChI=1S/C21H32N2O3/c1-20(2)16-9-10-21(20,3)18(15-16)25-13-11-22-12-14-26-19(24)23-17-7-5-4-6-8-17/h4-8,16,18,22H,9-15H2,1-3H3,(H,23,24)/t16-,18-,21-/m1/s1. The number of para-hydroxylation sites is 1. The van der Waals surface area contributed by atoms with Crippen LogP contribution in [0.15, 0.2) is 30.3 Å². The highest BCUT2D eigenvalue weighted by Gasteiger charge is 2.61. The molecule has 2 fully saturated rings. The molecular weight excluding hydrogens is 328 g/mol. The number of ether oxygens (including phenoxy) is 2. The van der Waals surface area contributed by atoms with Gasteiger partial charge in [-0.25, -0.2) is 4.79 Å². The van der Waals surface area contributed by atoms with Crippen molar-refractivity contribution in [3.8, 4) is 0 Å². The van der Waals surface area contributed by atoms with Crippen LogP contribution in [0.5, 0.6) is 0 Å². The van der Waals surface area contributed by atoms with Gasteiger partial charge in [0.25, 0.3) is 0 Å². The summed E-state index contributed by atoms with van der Waals surface area (Å²) in [5, 5.41) is 5.97. The van der Waals surface area contributed by atoms with Crippen molar-refractivity contribution in [3.63, 3.8) is 0 Å². The Hall–Kier alpha value is -1.59. The predicted molar refractivity (Wildman–Crippen MR) is 103 cm³/mol. The Morgan fingerprint density at radius 2 is 1.88 bits per heavy atom. The number of amides is 1. The normalized spacial score (nSPS) is 28.9. The molecule has 2 saturated carbocycles. The van der Waals surface area contributed by atoms with Gasteiger partial charge in [-0.3, -0.25) is 5.32 Å². The molecule has 2 aliphatic rings. The number of benzene rings is 1. The van der Waals surface area contributed by atoms with Gasteiger partial charge in [0.1, 0.15) is 6.61 Å². The van der Waals surface area contributed by atoms with Crippen molar-refractivity contribution >= 4 is 11.8 Å². The second kappa shape index (κ2) is 7.97. The first-order valence-electron chi connectivity index (χ1n) is 9.74. The fourth-order valence-corrected chi connectivity index (χ4v) is 4.67. The third-order valence-electron chi connectivity index (χ3n) is 6.84. The topological polar surface area (TPSA) is 59.6 Å². The molecule has 1 aromatic carbocycles. The molecule has 0 saturated heterocycles. The van der Waals surface area contributed by atoms with Gasteiger partial charge in [0.2, 0.25) is 0 Å². The van der Waals surface area contributed by atoms with Gasteiger partial charge in [-0.15, -0.1) is 0 Å². The van der Waals surface area contributed by atoms with E-state index in [9.17, 15) is 4.79 Å². The minimum Gasteiger partial charge on any atom is -0.448 e. The van der Waals surface area contributed by atoms with E-state index in [1.54, 1.807) is 0 Å². The first-order chi connectivity index (χ1) is 12.4. The van der Waals surface area contributed by atoms with Crippen LogP contribution in [0, 0.1) is 16.7 Å². The van der Waals surface area contributed by atoms with Crippen LogP contribution in [0.4, 0.5) is 10.5 Å². The van der Waals surface area contributed by atoms with Crippen molar-refractivity contribution in [3.05, 3.63) is 30.3 Å². The molecule has 0 spiro atoms. The van der Waals surface area contributed by atoms with Gasteiger partial charge in [-0.1, -0.05) is 39.0 Å². The van der Waals surface area contributed by atoms with Crippen molar-refractivity contribution in [1.82, 2.24) is 5.32 Å². The second-order valence-corrected chi connectivity index (χ2v) is 8.35. The van der Waals surface area contributed by atoms with Crippen molar-refractivity contribution in [2.45, 2.75) is 46.1 Å². The average molecular weight is 360 g/mol. The molecule has 2 bridgehead atoms. The SMILES string of the molecule is CC1(C)[C@@H]2CC[C@]1(C)[C@H](OCCNCCOC(=O)Nc1ccccc1)C2. The minimum atomic E-state index is -0.425. The smallest absolute Gasteiger partial charge is 0.411 e. The maximum atomic E-state index is 11.7. The van der Waals surface area contributed by atoms with Crippen LogP contribution in [0.2, 0.25) is 0 Å². The quantitative estimate of drug-likeness (QED) is 0.687. The Bertz CT molecular complexity index is 605. The van der Waals surface area contributed by atoms with E-state index in [0.717, 1.165) is 18.2 Å². The number of carbonyl (C=O) groups is 1. The molecule has 5 heteroatoms. The zero-order valence-corrected chi connectivity index (χ0v) is 16.2. The maximum Gasteiger partial charge on any atom is 0.411 e. The number of rotatable bonds is 8. The Morgan fingerprint density at radius 3 is 2.54 bits per heavy atom. The van der Waals surface area contributed by atoms with E-state index in [1.807, 2.05) is 30.3 Å². The molecule has 5 nitrogen and oxygen atoms in total. The number of nitrogens with one attached hydrogen (secondary N) is 2. The van der Waals surface area contributed by atoms with Crippen LogP contribution >= 0.6 is 0 Å². The van der Waals surface area contributed by atoms with Crippen LogP contribution in [-0.2, 0) is 9.47 Å². The fourth-order valence-electron chi connectivity index (χ4n) is 4.67. The number of fused-ring (bicyclic) bond motifs is 2. The van der Waals surface area contributed by atoms with Crippen LogP contribution in [0.25, 0.3) is 0 Å². The molecule has 0 aliphatic heterocycles.